The van der Waals surface area contributed by atoms with Crippen LogP contribution in [0.5, 0.6) is 0 Å². The zero-order chi connectivity index (χ0) is 19.2. The Balaban J connectivity index is 1.88. The Hall–Kier alpha value is -1.51. The van der Waals surface area contributed by atoms with E-state index in [4.69, 9.17) is 4.74 Å². The molecule has 0 bridgehead atoms. The number of piperidine rings is 1. The van der Waals surface area contributed by atoms with Gasteiger partial charge in [-0.15, -0.1) is 0 Å². The first-order valence-electron chi connectivity index (χ1n) is 8.98. The van der Waals surface area contributed by atoms with E-state index in [1.807, 2.05) is 6.92 Å². The highest BCUT2D eigenvalue weighted by molar-refractivity contribution is 7.89. The minimum atomic E-state index is -3.67. The number of hydrogen-bond donors (Lipinski definition) is 1. The standard InChI is InChI=1S/C18H27FN2O4S/c1-3-25-12-4-9-20-18(22)15-7-10-21(11-8-15)26(23,24)17-6-5-16(19)13-14(17)2/h5-6,13,15H,3-4,7-12H2,1-2H3,(H,20,22). The van der Waals surface area contributed by atoms with Crippen LogP contribution in [0.3, 0.4) is 0 Å². The van der Waals surface area contributed by atoms with E-state index < -0.39 is 15.8 Å². The highest BCUT2D eigenvalue weighted by atomic mass is 32.2. The van der Waals surface area contributed by atoms with Crippen LogP contribution in [-0.4, -0.2) is 51.5 Å². The van der Waals surface area contributed by atoms with Crippen molar-refractivity contribution in [2.24, 2.45) is 5.92 Å². The molecule has 1 aliphatic rings. The maximum atomic E-state index is 13.2. The third kappa shape index (κ3) is 5.25. The van der Waals surface area contributed by atoms with Crippen LogP contribution in [0, 0.1) is 18.7 Å². The first-order valence-corrected chi connectivity index (χ1v) is 10.4. The van der Waals surface area contributed by atoms with E-state index in [0.717, 1.165) is 12.5 Å². The van der Waals surface area contributed by atoms with Crippen LogP contribution < -0.4 is 5.32 Å². The lowest BCUT2D eigenvalue weighted by Crippen LogP contribution is -2.43. The van der Waals surface area contributed by atoms with Gasteiger partial charge >= 0.3 is 0 Å². The lowest BCUT2D eigenvalue weighted by Gasteiger charge is -2.31. The van der Waals surface area contributed by atoms with Crippen molar-refractivity contribution < 1.29 is 22.3 Å². The Morgan fingerprint density at radius 1 is 1.35 bits per heavy atom. The van der Waals surface area contributed by atoms with Crippen molar-refractivity contribution >= 4 is 15.9 Å². The minimum absolute atomic E-state index is 0.0310. The summed E-state index contributed by atoms with van der Waals surface area (Å²) in [7, 11) is -3.67. The van der Waals surface area contributed by atoms with Gasteiger partial charge in [-0.25, -0.2) is 12.8 Å². The second kappa shape index (κ2) is 9.43. The van der Waals surface area contributed by atoms with Crippen molar-refractivity contribution in [2.45, 2.75) is 38.0 Å². The predicted molar refractivity (Wildman–Crippen MR) is 96.7 cm³/mol. The number of carbonyl (C=O) groups excluding carboxylic acids is 1. The highest BCUT2D eigenvalue weighted by Crippen LogP contribution is 2.26. The van der Waals surface area contributed by atoms with Gasteiger partial charge in [-0.3, -0.25) is 4.79 Å². The zero-order valence-corrected chi connectivity index (χ0v) is 16.1. The third-order valence-corrected chi connectivity index (χ3v) is 6.61. The van der Waals surface area contributed by atoms with Gasteiger partial charge in [0.15, 0.2) is 0 Å². The molecule has 1 fully saturated rings. The largest absolute Gasteiger partial charge is 0.382 e. The molecular formula is C18H27FN2O4S. The third-order valence-electron chi connectivity index (χ3n) is 4.55. The van der Waals surface area contributed by atoms with Crippen molar-refractivity contribution in [3.63, 3.8) is 0 Å². The number of aryl methyl sites for hydroxylation is 1. The zero-order valence-electron chi connectivity index (χ0n) is 15.3. The molecule has 6 nitrogen and oxygen atoms in total. The molecule has 1 amide bonds. The molecule has 0 saturated carbocycles. The van der Waals surface area contributed by atoms with Crippen LogP contribution in [0.15, 0.2) is 23.1 Å². The lowest BCUT2D eigenvalue weighted by molar-refractivity contribution is -0.126. The summed E-state index contributed by atoms with van der Waals surface area (Å²) in [5.74, 6) is -0.666. The SMILES string of the molecule is CCOCCCNC(=O)C1CCN(S(=O)(=O)c2ccc(F)cc2C)CC1. The van der Waals surface area contributed by atoms with Crippen molar-refractivity contribution in [3.8, 4) is 0 Å². The van der Waals surface area contributed by atoms with Crippen LogP contribution in [0.25, 0.3) is 0 Å². The molecule has 1 aromatic carbocycles. The Morgan fingerprint density at radius 3 is 2.65 bits per heavy atom. The predicted octanol–water partition coefficient (Wildman–Crippen LogP) is 2.08. The minimum Gasteiger partial charge on any atom is -0.382 e. The van der Waals surface area contributed by atoms with E-state index in [-0.39, 0.29) is 29.8 Å². The maximum absolute atomic E-state index is 13.2. The molecule has 0 aliphatic carbocycles. The molecule has 1 N–H and O–H groups in total. The summed E-state index contributed by atoms with van der Waals surface area (Å²) in [5, 5.41) is 2.88. The Labute approximate surface area is 154 Å². The van der Waals surface area contributed by atoms with E-state index in [2.05, 4.69) is 5.32 Å². The number of carbonyl (C=O) groups is 1. The number of rotatable bonds is 8. The summed E-state index contributed by atoms with van der Waals surface area (Å²) < 4.78 is 45.3. The Kier molecular flexibility index (Phi) is 7.55. The molecule has 1 aromatic rings. The quantitative estimate of drug-likeness (QED) is 0.694. The van der Waals surface area contributed by atoms with E-state index >= 15 is 0 Å². The van der Waals surface area contributed by atoms with Crippen LogP contribution in [0.1, 0.15) is 31.7 Å². The maximum Gasteiger partial charge on any atom is 0.243 e. The first-order chi connectivity index (χ1) is 12.4. The number of nitrogens with one attached hydrogen (secondary N) is 1. The van der Waals surface area contributed by atoms with Crippen LogP contribution in [-0.2, 0) is 19.6 Å². The highest BCUT2D eigenvalue weighted by Gasteiger charge is 2.32. The van der Waals surface area contributed by atoms with Gasteiger partial charge in [-0.2, -0.15) is 4.31 Å². The van der Waals surface area contributed by atoms with Crippen molar-refractivity contribution in [1.29, 1.82) is 0 Å². The second-order valence-electron chi connectivity index (χ2n) is 6.43. The summed E-state index contributed by atoms with van der Waals surface area (Å²) in [6.07, 6.45) is 1.73. The molecule has 0 unspecified atom stereocenters. The molecule has 8 heteroatoms. The summed E-state index contributed by atoms with van der Waals surface area (Å²) in [6.45, 7) is 5.92. The van der Waals surface area contributed by atoms with Gasteiger partial charge in [0.2, 0.25) is 15.9 Å². The average molecular weight is 386 g/mol. The van der Waals surface area contributed by atoms with Crippen molar-refractivity contribution in [3.05, 3.63) is 29.6 Å². The Bertz CT molecular complexity index is 716. The summed E-state index contributed by atoms with van der Waals surface area (Å²) in [5.41, 5.74) is 0.388. The number of benzene rings is 1. The van der Waals surface area contributed by atoms with E-state index in [9.17, 15) is 17.6 Å². The normalized spacial score (nSPS) is 16.6. The average Bonchev–Trinajstić information content (AvgIpc) is 2.61. The van der Waals surface area contributed by atoms with E-state index in [1.54, 1.807) is 6.92 Å². The molecule has 146 valence electrons. The molecular weight excluding hydrogens is 359 g/mol. The van der Waals surface area contributed by atoms with E-state index in [1.165, 1.54) is 16.4 Å². The number of sulfonamides is 1. The van der Waals surface area contributed by atoms with Crippen molar-refractivity contribution in [1.82, 2.24) is 9.62 Å². The van der Waals surface area contributed by atoms with Gasteiger partial charge in [0, 0.05) is 38.8 Å². The van der Waals surface area contributed by atoms with Gasteiger partial charge in [0.1, 0.15) is 5.82 Å². The Morgan fingerprint density at radius 2 is 2.04 bits per heavy atom. The fourth-order valence-corrected chi connectivity index (χ4v) is 4.75. The van der Waals surface area contributed by atoms with Gasteiger partial charge < -0.3 is 10.1 Å². The molecule has 0 radical (unpaired) electrons. The van der Waals surface area contributed by atoms with Crippen molar-refractivity contribution in [2.75, 3.05) is 32.8 Å². The monoisotopic (exact) mass is 386 g/mol. The molecule has 0 atom stereocenters. The molecule has 1 heterocycles. The fourth-order valence-electron chi connectivity index (χ4n) is 3.07. The number of amides is 1. The summed E-state index contributed by atoms with van der Waals surface area (Å²) in [6, 6.07) is 3.68. The number of hydrogen-bond acceptors (Lipinski definition) is 4. The molecule has 0 aromatic heterocycles. The van der Waals surface area contributed by atoms with Crippen LogP contribution >= 0.6 is 0 Å². The summed E-state index contributed by atoms with van der Waals surface area (Å²) >= 11 is 0. The summed E-state index contributed by atoms with van der Waals surface area (Å²) in [4.78, 5) is 12.3. The molecule has 1 saturated heterocycles. The van der Waals surface area contributed by atoms with Crippen LogP contribution in [0.2, 0.25) is 0 Å². The van der Waals surface area contributed by atoms with Gasteiger partial charge in [0.25, 0.3) is 0 Å². The fraction of sp³-hybridized carbons (Fsp3) is 0.611. The molecule has 2 rings (SSSR count). The van der Waals surface area contributed by atoms with Gasteiger partial charge in [-0.1, -0.05) is 0 Å². The second-order valence-corrected chi connectivity index (χ2v) is 8.34. The van der Waals surface area contributed by atoms with Gasteiger partial charge in [0.05, 0.1) is 4.90 Å². The number of nitrogens with zero attached hydrogens (tertiary/aromatic N) is 1. The van der Waals surface area contributed by atoms with E-state index in [0.29, 0.717) is 38.2 Å². The molecule has 0 spiro atoms. The molecule has 26 heavy (non-hydrogen) atoms. The molecule has 1 aliphatic heterocycles. The lowest BCUT2D eigenvalue weighted by atomic mass is 9.97. The first kappa shape index (κ1) is 20.8. The van der Waals surface area contributed by atoms with Crippen LogP contribution in [0.4, 0.5) is 4.39 Å². The topological polar surface area (TPSA) is 75.7 Å². The number of ether oxygens (including phenoxy) is 1. The van der Waals surface area contributed by atoms with Gasteiger partial charge in [-0.05, 0) is 56.9 Å². The number of halogens is 1. The smallest absolute Gasteiger partial charge is 0.243 e.